The summed E-state index contributed by atoms with van der Waals surface area (Å²) in [5.41, 5.74) is 0.810. The molecule has 0 heterocycles. The molecule has 0 radical (unpaired) electrons. The van der Waals surface area contributed by atoms with E-state index in [4.69, 9.17) is 4.74 Å². The number of nitro benzene ring substituents is 1. The fourth-order valence-corrected chi connectivity index (χ4v) is 2.00. The molecule has 0 aliphatic rings. The summed E-state index contributed by atoms with van der Waals surface area (Å²) in [7, 11) is 0. The van der Waals surface area contributed by atoms with Gasteiger partial charge in [-0.2, -0.15) is 0 Å². The highest BCUT2D eigenvalue weighted by molar-refractivity contribution is 5.98. The molecule has 0 amide bonds. The molecule has 0 bridgehead atoms. The summed E-state index contributed by atoms with van der Waals surface area (Å²) in [6, 6.07) is 4.84. The van der Waals surface area contributed by atoms with Crippen LogP contribution >= 0.6 is 0 Å². The summed E-state index contributed by atoms with van der Waals surface area (Å²) in [5.74, 6) is -2.01. The second-order valence-electron chi connectivity index (χ2n) is 4.46. The molecule has 0 aromatic heterocycles. The molecule has 20 heavy (non-hydrogen) atoms. The van der Waals surface area contributed by atoms with Crippen molar-refractivity contribution in [2.75, 3.05) is 6.61 Å². The Labute approximate surface area is 116 Å². The van der Waals surface area contributed by atoms with Crippen LogP contribution in [-0.2, 0) is 20.7 Å². The summed E-state index contributed by atoms with van der Waals surface area (Å²) >= 11 is 0. The molecule has 1 rings (SSSR count). The Balaban J connectivity index is 3.12. The smallest absolute Gasteiger partial charge is 0.316 e. The number of rotatable bonds is 6. The van der Waals surface area contributed by atoms with E-state index in [9.17, 15) is 19.7 Å². The van der Waals surface area contributed by atoms with Crippen molar-refractivity contribution < 1.29 is 19.2 Å². The molecule has 108 valence electrons. The Kier molecular flexibility index (Phi) is 5.37. The SMILES string of the molecule is CCOC(=O)C(Cc1cccc(C)c1[N+](=O)[O-])C(C)=O. The number of nitrogens with zero attached hydrogens (tertiary/aromatic N) is 1. The number of ketones is 1. The minimum Gasteiger partial charge on any atom is -0.465 e. The summed E-state index contributed by atoms with van der Waals surface area (Å²) in [4.78, 5) is 33.9. The second kappa shape index (κ2) is 6.79. The van der Waals surface area contributed by atoms with E-state index in [1.165, 1.54) is 6.92 Å². The molecule has 1 aromatic carbocycles. The van der Waals surface area contributed by atoms with Gasteiger partial charge in [0.1, 0.15) is 11.7 Å². The molecule has 0 fully saturated rings. The fourth-order valence-electron chi connectivity index (χ4n) is 2.00. The number of aryl methyl sites for hydroxylation is 1. The maximum absolute atomic E-state index is 11.7. The Morgan fingerprint density at radius 3 is 2.55 bits per heavy atom. The third-order valence-corrected chi connectivity index (χ3v) is 2.99. The lowest BCUT2D eigenvalue weighted by molar-refractivity contribution is -0.386. The third-order valence-electron chi connectivity index (χ3n) is 2.99. The van der Waals surface area contributed by atoms with E-state index in [0.29, 0.717) is 11.1 Å². The molecular weight excluding hydrogens is 262 g/mol. The van der Waals surface area contributed by atoms with Crippen LogP contribution in [0, 0.1) is 23.0 Å². The van der Waals surface area contributed by atoms with Gasteiger partial charge in [0.15, 0.2) is 0 Å². The van der Waals surface area contributed by atoms with Crippen LogP contribution in [0.25, 0.3) is 0 Å². The maximum atomic E-state index is 11.7. The van der Waals surface area contributed by atoms with Gasteiger partial charge >= 0.3 is 5.97 Å². The van der Waals surface area contributed by atoms with Crippen molar-refractivity contribution in [1.29, 1.82) is 0 Å². The molecule has 6 nitrogen and oxygen atoms in total. The molecule has 6 heteroatoms. The Morgan fingerprint density at radius 2 is 2.05 bits per heavy atom. The number of nitro groups is 1. The molecule has 1 atom stereocenters. The van der Waals surface area contributed by atoms with Crippen molar-refractivity contribution in [3.63, 3.8) is 0 Å². The number of carbonyl (C=O) groups excluding carboxylic acids is 2. The predicted octanol–water partition coefficient (Wildman–Crippen LogP) is 2.21. The van der Waals surface area contributed by atoms with Gasteiger partial charge in [-0.05, 0) is 27.2 Å². The van der Waals surface area contributed by atoms with Gasteiger partial charge in [-0.1, -0.05) is 18.2 Å². The van der Waals surface area contributed by atoms with E-state index in [-0.39, 0.29) is 24.5 Å². The predicted molar refractivity (Wildman–Crippen MR) is 72.3 cm³/mol. The molecule has 0 saturated heterocycles. The summed E-state index contributed by atoms with van der Waals surface area (Å²) in [5, 5.41) is 11.1. The van der Waals surface area contributed by atoms with Gasteiger partial charge in [0.25, 0.3) is 5.69 Å². The summed E-state index contributed by atoms with van der Waals surface area (Å²) in [6.07, 6.45) is -0.0217. The second-order valence-corrected chi connectivity index (χ2v) is 4.46. The number of hydrogen-bond acceptors (Lipinski definition) is 5. The Morgan fingerprint density at radius 1 is 1.40 bits per heavy atom. The van der Waals surface area contributed by atoms with Gasteiger partial charge < -0.3 is 4.74 Å². The number of para-hydroxylation sites is 1. The molecule has 0 spiro atoms. The van der Waals surface area contributed by atoms with E-state index in [1.54, 1.807) is 32.0 Å². The highest BCUT2D eigenvalue weighted by Crippen LogP contribution is 2.26. The lowest BCUT2D eigenvalue weighted by Gasteiger charge is -2.13. The highest BCUT2D eigenvalue weighted by Gasteiger charge is 2.28. The fraction of sp³-hybridized carbons (Fsp3) is 0.429. The molecule has 0 aliphatic heterocycles. The average molecular weight is 279 g/mol. The van der Waals surface area contributed by atoms with Crippen LogP contribution in [0.3, 0.4) is 0 Å². The maximum Gasteiger partial charge on any atom is 0.316 e. The largest absolute Gasteiger partial charge is 0.465 e. The molecule has 1 aromatic rings. The van der Waals surface area contributed by atoms with E-state index in [2.05, 4.69) is 0 Å². The van der Waals surface area contributed by atoms with Crippen LogP contribution in [0.1, 0.15) is 25.0 Å². The normalized spacial score (nSPS) is 11.8. The van der Waals surface area contributed by atoms with Crippen molar-refractivity contribution in [2.45, 2.75) is 27.2 Å². The van der Waals surface area contributed by atoms with Crippen molar-refractivity contribution in [3.05, 3.63) is 39.4 Å². The first-order valence-electron chi connectivity index (χ1n) is 6.28. The van der Waals surface area contributed by atoms with Crippen LogP contribution < -0.4 is 0 Å². The Hall–Kier alpha value is -2.24. The first-order valence-corrected chi connectivity index (χ1v) is 6.28. The highest BCUT2D eigenvalue weighted by atomic mass is 16.6. The number of hydrogen-bond donors (Lipinski definition) is 0. The first-order chi connectivity index (χ1) is 9.38. The zero-order valence-corrected chi connectivity index (χ0v) is 11.7. The van der Waals surface area contributed by atoms with Crippen LogP contribution in [-0.4, -0.2) is 23.3 Å². The molecule has 1 unspecified atom stereocenters. The van der Waals surface area contributed by atoms with Crippen LogP contribution in [0.5, 0.6) is 0 Å². The monoisotopic (exact) mass is 279 g/mol. The van der Waals surface area contributed by atoms with Crippen molar-refractivity contribution >= 4 is 17.4 Å². The van der Waals surface area contributed by atoms with Crippen LogP contribution in [0.4, 0.5) is 5.69 Å². The molecular formula is C14H17NO5. The van der Waals surface area contributed by atoms with Gasteiger partial charge in [0.05, 0.1) is 11.5 Å². The lowest BCUT2D eigenvalue weighted by atomic mass is 9.94. The van der Waals surface area contributed by atoms with Gasteiger partial charge in [-0.25, -0.2) is 0 Å². The van der Waals surface area contributed by atoms with E-state index in [0.717, 1.165) is 0 Å². The summed E-state index contributed by atoms with van der Waals surface area (Å²) < 4.78 is 4.84. The Bertz CT molecular complexity index is 538. The van der Waals surface area contributed by atoms with Crippen molar-refractivity contribution in [3.8, 4) is 0 Å². The van der Waals surface area contributed by atoms with Gasteiger partial charge in [0, 0.05) is 11.1 Å². The quantitative estimate of drug-likeness (QED) is 0.345. The number of Topliss-reactive ketones (excluding diaryl/α,β-unsaturated/α-hetero) is 1. The van der Waals surface area contributed by atoms with Crippen molar-refractivity contribution in [1.82, 2.24) is 0 Å². The third kappa shape index (κ3) is 3.63. The van der Waals surface area contributed by atoms with Crippen molar-refractivity contribution in [2.24, 2.45) is 5.92 Å². The first kappa shape index (κ1) is 15.8. The van der Waals surface area contributed by atoms with Crippen LogP contribution in [0.2, 0.25) is 0 Å². The average Bonchev–Trinajstić information content (AvgIpc) is 2.35. The number of carbonyl (C=O) groups is 2. The van der Waals surface area contributed by atoms with E-state index >= 15 is 0 Å². The number of benzene rings is 1. The molecule has 0 aliphatic carbocycles. The zero-order valence-electron chi connectivity index (χ0n) is 11.7. The molecule has 0 saturated carbocycles. The van der Waals surface area contributed by atoms with E-state index in [1.807, 2.05) is 0 Å². The molecule has 0 N–H and O–H groups in total. The minimum atomic E-state index is -1.00. The van der Waals surface area contributed by atoms with Crippen LogP contribution in [0.15, 0.2) is 18.2 Å². The minimum absolute atomic E-state index is 0.0217. The van der Waals surface area contributed by atoms with Gasteiger partial charge in [-0.3, -0.25) is 19.7 Å². The number of esters is 1. The lowest BCUT2D eigenvalue weighted by Crippen LogP contribution is -2.26. The topological polar surface area (TPSA) is 86.5 Å². The number of ether oxygens (including phenoxy) is 1. The van der Waals surface area contributed by atoms with Gasteiger partial charge in [-0.15, -0.1) is 0 Å². The standard InChI is InChI=1S/C14H17NO5/c1-4-20-14(17)12(10(3)16)8-11-7-5-6-9(2)13(11)15(18)19/h5-7,12H,4,8H2,1-3H3. The zero-order chi connectivity index (χ0) is 15.3. The summed E-state index contributed by atoms with van der Waals surface area (Å²) in [6.45, 7) is 4.71. The van der Waals surface area contributed by atoms with Gasteiger partial charge in [0.2, 0.25) is 0 Å². The van der Waals surface area contributed by atoms with E-state index < -0.39 is 16.8 Å².